The van der Waals surface area contributed by atoms with Crippen molar-refractivity contribution < 1.29 is 4.74 Å². The molecule has 0 amide bonds. The van der Waals surface area contributed by atoms with Crippen LogP contribution in [0.1, 0.15) is 53.0 Å². The molecule has 0 aliphatic rings. The first-order valence-electron chi connectivity index (χ1n) is 9.64. The number of guanidine groups is 1. The lowest BCUT2D eigenvalue weighted by Gasteiger charge is -2.23. The zero-order chi connectivity index (χ0) is 19.6. The van der Waals surface area contributed by atoms with Gasteiger partial charge in [-0.3, -0.25) is 4.99 Å². The fourth-order valence-electron chi connectivity index (χ4n) is 2.43. The van der Waals surface area contributed by atoms with Crippen molar-refractivity contribution in [2.75, 3.05) is 27.2 Å². The van der Waals surface area contributed by atoms with Gasteiger partial charge in [0.05, 0.1) is 0 Å². The van der Waals surface area contributed by atoms with Crippen LogP contribution < -0.4 is 15.4 Å². The molecule has 27 heavy (non-hydrogen) atoms. The molecule has 0 aliphatic heterocycles. The molecule has 0 saturated heterocycles. The van der Waals surface area contributed by atoms with Gasteiger partial charge in [-0.15, -0.1) is 24.0 Å². The molecule has 0 aliphatic carbocycles. The van der Waals surface area contributed by atoms with Gasteiger partial charge < -0.3 is 20.3 Å². The summed E-state index contributed by atoms with van der Waals surface area (Å²) < 4.78 is 6.05. The van der Waals surface area contributed by atoms with Crippen LogP contribution in [-0.2, 0) is 6.54 Å². The van der Waals surface area contributed by atoms with Crippen molar-refractivity contribution in [2.24, 2.45) is 4.99 Å². The molecule has 0 spiro atoms. The summed E-state index contributed by atoms with van der Waals surface area (Å²) in [5.74, 6) is 1.74. The minimum absolute atomic E-state index is 0. The molecule has 5 nitrogen and oxygen atoms in total. The number of nitrogens with one attached hydrogen (secondary N) is 2. The maximum Gasteiger partial charge on any atom is 0.191 e. The van der Waals surface area contributed by atoms with Crippen LogP contribution in [0.3, 0.4) is 0 Å². The Hall–Kier alpha value is -1.02. The van der Waals surface area contributed by atoms with Crippen LogP contribution in [0.15, 0.2) is 29.3 Å². The van der Waals surface area contributed by atoms with E-state index < -0.39 is 0 Å². The first kappa shape index (κ1) is 26.0. The fraction of sp³-hybridized carbons (Fsp3) is 0.667. The van der Waals surface area contributed by atoms with Crippen LogP contribution >= 0.6 is 24.0 Å². The first-order chi connectivity index (χ1) is 12.2. The monoisotopic (exact) mass is 490 g/mol. The summed E-state index contributed by atoms with van der Waals surface area (Å²) in [4.78, 5) is 6.69. The number of halogens is 1. The Morgan fingerprint density at radius 2 is 1.81 bits per heavy atom. The van der Waals surface area contributed by atoms with Crippen LogP contribution in [0, 0.1) is 0 Å². The highest BCUT2D eigenvalue weighted by Crippen LogP contribution is 2.22. The minimum atomic E-state index is -0.209. The van der Waals surface area contributed by atoms with E-state index in [9.17, 15) is 0 Å². The zero-order valence-corrected chi connectivity index (χ0v) is 20.5. The van der Waals surface area contributed by atoms with Gasteiger partial charge >= 0.3 is 0 Å². The molecule has 0 saturated carbocycles. The summed E-state index contributed by atoms with van der Waals surface area (Å²) in [6, 6.07) is 8.75. The van der Waals surface area contributed by atoms with E-state index in [-0.39, 0.29) is 29.6 Å². The van der Waals surface area contributed by atoms with E-state index in [1.54, 1.807) is 7.05 Å². The molecule has 0 bridgehead atoms. The number of para-hydroxylation sites is 1. The number of aliphatic imine (C=N–C) groups is 1. The maximum atomic E-state index is 6.05. The third-order valence-electron chi connectivity index (χ3n) is 4.17. The summed E-state index contributed by atoms with van der Waals surface area (Å²) >= 11 is 0. The summed E-state index contributed by atoms with van der Waals surface area (Å²) in [6.07, 6.45) is 2.31. The Bertz CT molecular complexity index is 555. The van der Waals surface area contributed by atoms with Crippen molar-refractivity contribution in [3.05, 3.63) is 29.8 Å². The fourth-order valence-corrected chi connectivity index (χ4v) is 2.43. The summed E-state index contributed by atoms with van der Waals surface area (Å²) in [6.45, 7) is 13.4. The minimum Gasteiger partial charge on any atom is -0.488 e. The molecule has 0 radical (unpaired) electrons. The Morgan fingerprint density at radius 1 is 1.15 bits per heavy atom. The van der Waals surface area contributed by atoms with Crippen LogP contribution in [0.4, 0.5) is 0 Å². The van der Waals surface area contributed by atoms with Crippen molar-refractivity contribution in [1.29, 1.82) is 0 Å². The van der Waals surface area contributed by atoms with E-state index >= 15 is 0 Å². The average Bonchev–Trinajstić information content (AvgIpc) is 2.56. The molecule has 1 rings (SSSR count). The van der Waals surface area contributed by atoms with E-state index in [1.165, 1.54) is 6.42 Å². The normalized spacial score (nSPS) is 12.1. The van der Waals surface area contributed by atoms with Crippen molar-refractivity contribution in [3.8, 4) is 5.75 Å². The summed E-state index contributed by atoms with van der Waals surface area (Å²) in [7, 11) is 3.98. The average molecular weight is 490 g/mol. The van der Waals surface area contributed by atoms with E-state index in [2.05, 4.69) is 68.3 Å². The number of hydrogen-bond acceptors (Lipinski definition) is 3. The topological polar surface area (TPSA) is 48.9 Å². The molecule has 0 aromatic heterocycles. The lowest BCUT2D eigenvalue weighted by atomic mass is 10.1. The number of ether oxygens (including phenoxy) is 1. The predicted octanol–water partition coefficient (Wildman–Crippen LogP) is 4.27. The van der Waals surface area contributed by atoms with Gasteiger partial charge in [-0.25, -0.2) is 0 Å². The SMILES string of the molecule is CN=C(NCCCCN(C)C(C)C)NCc1ccccc1OC(C)(C)C.I. The lowest BCUT2D eigenvalue weighted by Crippen LogP contribution is -2.37. The second-order valence-corrected chi connectivity index (χ2v) is 7.96. The number of nitrogens with zero attached hydrogens (tertiary/aromatic N) is 2. The van der Waals surface area contributed by atoms with Crippen LogP contribution in [0.25, 0.3) is 0 Å². The Kier molecular flexibility index (Phi) is 12.7. The van der Waals surface area contributed by atoms with E-state index in [0.29, 0.717) is 12.6 Å². The molecule has 0 atom stereocenters. The van der Waals surface area contributed by atoms with Crippen molar-refractivity contribution in [2.45, 2.75) is 65.6 Å². The Morgan fingerprint density at radius 3 is 2.41 bits per heavy atom. The molecule has 0 heterocycles. The Labute approximate surface area is 183 Å². The lowest BCUT2D eigenvalue weighted by molar-refractivity contribution is 0.129. The standard InChI is InChI=1S/C21H38N4O.HI/c1-17(2)25(7)15-11-10-14-23-20(22-6)24-16-18-12-8-9-13-19(18)26-21(3,4)5;/h8-9,12-13,17H,10-11,14-16H2,1-7H3,(H2,22,23,24);1H. The van der Waals surface area contributed by atoms with Crippen LogP contribution in [0.5, 0.6) is 5.75 Å². The first-order valence-corrected chi connectivity index (χ1v) is 9.64. The predicted molar refractivity (Wildman–Crippen MR) is 127 cm³/mol. The molecule has 0 fully saturated rings. The molecule has 156 valence electrons. The highest BCUT2D eigenvalue weighted by molar-refractivity contribution is 14.0. The van der Waals surface area contributed by atoms with Gasteiger partial charge in [0.2, 0.25) is 0 Å². The van der Waals surface area contributed by atoms with E-state index in [0.717, 1.165) is 36.8 Å². The zero-order valence-electron chi connectivity index (χ0n) is 18.1. The Balaban J connectivity index is 0.00000676. The number of benzene rings is 1. The molecule has 2 N–H and O–H groups in total. The quantitative estimate of drug-likeness (QED) is 0.235. The smallest absolute Gasteiger partial charge is 0.191 e. The second kappa shape index (κ2) is 13.2. The molecule has 0 unspecified atom stereocenters. The molecular weight excluding hydrogens is 451 g/mol. The van der Waals surface area contributed by atoms with Crippen molar-refractivity contribution in [1.82, 2.24) is 15.5 Å². The summed E-state index contributed by atoms with van der Waals surface area (Å²) in [5, 5.41) is 6.77. The molecule has 6 heteroatoms. The summed E-state index contributed by atoms with van der Waals surface area (Å²) in [5.41, 5.74) is 0.919. The van der Waals surface area contributed by atoms with Gasteiger partial charge in [0.15, 0.2) is 5.96 Å². The van der Waals surface area contributed by atoms with Crippen molar-refractivity contribution in [3.63, 3.8) is 0 Å². The van der Waals surface area contributed by atoms with Gasteiger partial charge in [0, 0.05) is 31.7 Å². The van der Waals surface area contributed by atoms with Crippen LogP contribution in [-0.4, -0.2) is 49.7 Å². The largest absolute Gasteiger partial charge is 0.488 e. The molecule has 1 aromatic rings. The van der Waals surface area contributed by atoms with Gasteiger partial charge in [0.1, 0.15) is 11.4 Å². The van der Waals surface area contributed by atoms with Gasteiger partial charge in [-0.2, -0.15) is 0 Å². The van der Waals surface area contributed by atoms with Gasteiger partial charge in [0.25, 0.3) is 0 Å². The molecular formula is C21H39IN4O. The highest BCUT2D eigenvalue weighted by atomic mass is 127. The van der Waals surface area contributed by atoms with Gasteiger partial charge in [-0.05, 0) is 67.1 Å². The highest BCUT2D eigenvalue weighted by Gasteiger charge is 2.14. The molecule has 1 aromatic carbocycles. The van der Waals surface area contributed by atoms with Crippen molar-refractivity contribution >= 4 is 29.9 Å². The van der Waals surface area contributed by atoms with E-state index in [1.807, 2.05) is 18.2 Å². The maximum absolute atomic E-state index is 6.05. The number of hydrogen-bond donors (Lipinski definition) is 2. The third-order valence-corrected chi connectivity index (χ3v) is 4.17. The third kappa shape index (κ3) is 11.4. The number of rotatable bonds is 9. The van der Waals surface area contributed by atoms with E-state index in [4.69, 9.17) is 4.74 Å². The number of unbranched alkanes of at least 4 members (excludes halogenated alkanes) is 1. The second-order valence-electron chi connectivity index (χ2n) is 7.96. The van der Waals surface area contributed by atoms with Gasteiger partial charge in [-0.1, -0.05) is 18.2 Å². The van der Waals surface area contributed by atoms with Crippen LogP contribution in [0.2, 0.25) is 0 Å².